The molecule has 15 heavy (non-hydrogen) atoms. The summed E-state index contributed by atoms with van der Waals surface area (Å²) in [4.78, 5) is 11.0. The number of carbonyl (C=O) groups is 1. The fourth-order valence-corrected chi connectivity index (χ4v) is 2.34. The second kappa shape index (κ2) is 3.83. The van der Waals surface area contributed by atoms with E-state index in [1.165, 1.54) is 19.1 Å². The number of carbonyl (C=O) groups excluding carboxylic acids is 1. The molecule has 1 rings (SSSR count). The third kappa shape index (κ3) is 2.49. The maximum Gasteiger partial charge on any atom is 0.262 e. The van der Waals surface area contributed by atoms with Crippen LogP contribution in [0.5, 0.6) is 0 Å². The lowest BCUT2D eigenvalue weighted by Gasteiger charge is -2.07. The van der Waals surface area contributed by atoms with Gasteiger partial charge in [-0.05, 0) is 31.5 Å². The van der Waals surface area contributed by atoms with E-state index in [4.69, 9.17) is 16.4 Å². The zero-order valence-electron chi connectivity index (χ0n) is 8.24. The molecule has 1 aromatic carbocycles. The highest BCUT2D eigenvalue weighted by Gasteiger charge is 2.19. The summed E-state index contributed by atoms with van der Waals surface area (Å²) in [6.07, 6.45) is 0. The van der Waals surface area contributed by atoms with Gasteiger partial charge in [0.15, 0.2) is 5.78 Å². The zero-order chi connectivity index (χ0) is 11.8. The molecule has 4 nitrogen and oxygen atoms in total. The Morgan fingerprint density at radius 1 is 1.40 bits per heavy atom. The Balaban J connectivity index is 3.64. The van der Waals surface area contributed by atoms with Crippen molar-refractivity contribution in [3.8, 4) is 0 Å². The predicted octanol–water partition coefficient (Wildman–Crippen LogP) is 1.71. The topological polar surface area (TPSA) is 77.2 Å². The summed E-state index contributed by atoms with van der Waals surface area (Å²) in [6.45, 7) is 2.90. The molecule has 0 aliphatic rings. The molecule has 0 amide bonds. The van der Waals surface area contributed by atoms with E-state index in [1.54, 1.807) is 6.92 Å². The average molecular weight is 248 g/mol. The molecular weight excluding hydrogens is 238 g/mol. The van der Waals surface area contributed by atoms with Gasteiger partial charge in [0.25, 0.3) is 9.05 Å². The summed E-state index contributed by atoms with van der Waals surface area (Å²) in [5, 5.41) is 0. The van der Waals surface area contributed by atoms with E-state index in [9.17, 15) is 13.2 Å². The molecule has 0 bridgehead atoms. The van der Waals surface area contributed by atoms with Crippen molar-refractivity contribution < 1.29 is 13.2 Å². The Morgan fingerprint density at radius 2 is 1.93 bits per heavy atom. The summed E-state index contributed by atoms with van der Waals surface area (Å²) < 4.78 is 22.4. The first-order valence-electron chi connectivity index (χ1n) is 4.09. The van der Waals surface area contributed by atoms with E-state index in [2.05, 4.69) is 0 Å². The number of nitrogens with two attached hydrogens (primary N) is 1. The molecule has 0 fully saturated rings. The van der Waals surface area contributed by atoms with Crippen LogP contribution in [0.1, 0.15) is 22.8 Å². The molecular formula is C9H10ClNO3S. The third-order valence-electron chi connectivity index (χ3n) is 2.01. The minimum Gasteiger partial charge on any atom is -0.398 e. The average Bonchev–Trinajstić information content (AvgIpc) is 2.06. The summed E-state index contributed by atoms with van der Waals surface area (Å²) in [5.74, 6) is -0.388. The van der Waals surface area contributed by atoms with Gasteiger partial charge in [-0.3, -0.25) is 4.79 Å². The lowest BCUT2D eigenvalue weighted by atomic mass is 10.1. The van der Waals surface area contributed by atoms with Gasteiger partial charge < -0.3 is 5.73 Å². The summed E-state index contributed by atoms with van der Waals surface area (Å²) >= 11 is 0. The molecule has 0 spiro atoms. The number of hydrogen-bond acceptors (Lipinski definition) is 4. The lowest BCUT2D eigenvalue weighted by molar-refractivity contribution is 0.101. The summed E-state index contributed by atoms with van der Waals surface area (Å²) in [5.41, 5.74) is 6.54. The normalized spacial score (nSPS) is 11.4. The fraction of sp³-hybridized carbons (Fsp3) is 0.222. The third-order valence-corrected chi connectivity index (χ3v) is 3.37. The standard InChI is InChI=1S/C9H10ClNO3S/c1-5-3-9(15(10,13)14)7(6(2)12)4-8(5)11/h3-4H,11H2,1-2H3. The van der Waals surface area contributed by atoms with Crippen LogP contribution in [0.4, 0.5) is 5.69 Å². The highest BCUT2D eigenvalue weighted by molar-refractivity contribution is 8.13. The van der Waals surface area contributed by atoms with Gasteiger partial charge in [-0.15, -0.1) is 0 Å². The largest absolute Gasteiger partial charge is 0.398 e. The van der Waals surface area contributed by atoms with E-state index in [-0.39, 0.29) is 16.2 Å². The molecule has 0 atom stereocenters. The minimum atomic E-state index is -3.92. The van der Waals surface area contributed by atoms with Crippen molar-refractivity contribution in [1.82, 2.24) is 0 Å². The van der Waals surface area contributed by atoms with Gasteiger partial charge in [0.05, 0.1) is 4.90 Å². The molecule has 0 unspecified atom stereocenters. The zero-order valence-corrected chi connectivity index (χ0v) is 9.82. The van der Waals surface area contributed by atoms with Crippen molar-refractivity contribution in [2.45, 2.75) is 18.7 Å². The van der Waals surface area contributed by atoms with E-state index in [0.29, 0.717) is 11.3 Å². The van der Waals surface area contributed by atoms with Crippen LogP contribution in [0.2, 0.25) is 0 Å². The molecule has 1 aromatic rings. The van der Waals surface area contributed by atoms with Gasteiger partial charge in [0, 0.05) is 21.9 Å². The van der Waals surface area contributed by atoms with Crippen molar-refractivity contribution in [3.05, 3.63) is 23.3 Å². The molecule has 0 aliphatic heterocycles. The highest BCUT2D eigenvalue weighted by atomic mass is 35.7. The van der Waals surface area contributed by atoms with Gasteiger partial charge in [0.1, 0.15) is 0 Å². The maximum atomic E-state index is 11.2. The van der Waals surface area contributed by atoms with Crippen LogP contribution in [-0.4, -0.2) is 14.2 Å². The van der Waals surface area contributed by atoms with Gasteiger partial charge in [-0.25, -0.2) is 8.42 Å². The molecule has 0 radical (unpaired) electrons. The highest BCUT2D eigenvalue weighted by Crippen LogP contribution is 2.25. The van der Waals surface area contributed by atoms with Gasteiger partial charge in [-0.1, -0.05) is 0 Å². The molecule has 0 aliphatic carbocycles. The van der Waals surface area contributed by atoms with E-state index in [1.807, 2.05) is 0 Å². The number of rotatable bonds is 2. The Labute approximate surface area is 92.5 Å². The van der Waals surface area contributed by atoms with E-state index < -0.39 is 9.05 Å². The van der Waals surface area contributed by atoms with Gasteiger partial charge in [0.2, 0.25) is 0 Å². The summed E-state index contributed by atoms with van der Waals surface area (Å²) in [6, 6.07) is 2.63. The molecule has 6 heteroatoms. The van der Waals surface area contributed by atoms with Crippen molar-refractivity contribution in [2.75, 3.05) is 5.73 Å². The Bertz CT molecular complexity index is 522. The first kappa shape index (κ1) is 12.0. The number of ketones is 1. The van der Waals surface area contributed by atoms with E-state index in [0.717, 1.165) is 0 Å². The van der Waals surface area contributed by atoms with Gasteiger partial charge >= 0.3 is 0 Å². The molecule has 2 N–H and O–H groups in total. The van der Waals surface area contributed by atoms with Crippen molar-refractivity contribution in [2.24, 2.45) is 0 Å². The second-order valence-corrected chi connectivity index (χ2v) is 5.73. The van der Waals surface area contributed by atoms with Crippen LogP contribution >= 0.6 is 10.7 Å². The molecule has 0 saturated heterocycles. The van der Waals surface area contributed by atoms with Gasteiger partial charge in [-0.2, -0.15) is 0 Å². The van der Waals surface area contributed by atoms with Crippen LogP contribution in [0.3, 0.4) is 0 Å². The molecule has 0 saturated carbocycles. The number of aryl methyl sites for hydroxylation is 1. The smallest absolute Gasteiger partial charge is 0.262 e. The van der Waals surface area contributed by atoms with Crippen LogP contribution < -0.4 is 5.73 Å². The number of halogens is 1. The van der Waals surface area contributed by atoms with Crippen LogP contribution in [0, 0.1) is 6.92 Å². The monoisotopic (exact) mass is 247 g/mol. The number of anilines is 1. The lowest BCUT2D eigenvalue weighted by Crippen LogP contribution is -2.05. The van der Waals surface area contributed by atoms with Crippen LogP contribution in [0.25, 0.3) is 0 Å². The fourth-order valence-electron chi connectivity index (χ4n) is 1.18. The van der Waals surface area contributed by atoms with Crippen LogP contribution in [0.15, 0.2) is 17.0 Å². The molecule has 0 aromatic heterocycles. The number of hydrogen-bond donors (Lipinski definition) is 1. The number of benzene rings is 1. The Morgan fingerprint density at radius 3 is 2.33 bits per heavy atom. The quantitative estimate of drug-likeness (QED) is 0.490. The molecule has 82 valence electrons. The van der Waals surface area contributed by atoms with E-state index >= 15 is 0 Å². The maximum absolute atomic E-state index is 11.2. The minimum absolute atomic E-state index is 0.0214. The number of nitrogen functional groups attached to an aromatic ring is 1. The van der Waals surface area contributed by atoms with Crippen molar-refractivity contribution >= 4 is 31.2 Å². The SMILES string of the molecule is CC(=O)c1cc(N)c(C)cc1S(=O)(=O)Cl. The van der Waals surface area contributed by atoms with Crippen molar-refractivity contribution in [3.63, 3.8) is 0 Å². The first-order chi connectivity index (χ1) is 6.73. The second-order valence-electron chi connectivity index (χ2n) is 3.20. The van der Waals surface area contributed by atoms with Crippen LogP contribution in [-0.2, 0) is 9.05 Å². The predicted molar refractivity (Wildman–Crippen MR) is 58.6 cm³/mol. The first-order valence-corrected chi connectivity index (χ1v) is 6.40. The molecule has 0 heterocycles. The Kier molecular flexibility index (Phi) is 3.06. The Hall–Kier alpha value is -1.07. The van der Waals surface area contributed by atoms with Crippen molar-refractivity contribution in [1.29, 1.82) is 0 Å². The number of Topliss-reactive ketones (excluding diaryl/α,β-unsaturated/α-hetero) is 1. The summed E-state index contributed by atoms with van der Waals surface area (Å²) in [7, 11) is 1.29.